The summed E-state index contributed by atoms with van der Waals surface area (Å²) in [5.74, 6) is 5.99. The number of aryl methyl sites for hydroxylation is 2. The molecule has 17 heavy (non-hydrogen) atoms. The van der Waals surface area contributed by atoms with Gasteiger partial charge in [-0.2, -0.15) is 4.68 Å². The van der Waals surface area contributed by atoms with Gasteiger partial charge in [-0.1, -0.05) is 18.2 Å². The van der Waals surface area contributed by atoms with Crippen molar-refractivity contribution in [3.8, 4) is 0 Å². The molecule has 88 valence electrons. The summed E-state index contributed by atoms with van der Waals surface area (Å²) in [7, 11) is 0. The van der Waals surface area contributed by atoms with Crippen molar-refractivity contribution in [3.63, 3.8) is 0 Å². The third-order valence-electron chi connectivity index (χ3n) is 2.56. The Kier molecular flexibility index (Phi) is 2.82. The molecule has 0 aliphatic rings. The van der Waals surface area contributed by atoms with E-state index in [-0.39, 0.29) is 5.56 Å². The van der Waals surface area contributed by atoms with E-state index >= 15 is 0 Å². The summed E-state index contributed by atoms with van der Waals surface area (Å²) in [5.41, 5.74) is 2.20. The average Bonchev–Trinajstić information content (AvgIpc) is 2.32. The van der Waals surface area contributed by atoms with E-state index in [0.717, 1.165) is 15.9 Å². The number of nitrogens with one attached hydrogen (secondary N) is 1. The molecule has 0 spiro atoms. The van der Waals surface area contributed by atoms with Crippen molar-refractivity contribution in [1.29, 1.82) is 0 Å². The molecule has 0 unspecified atom stereocenters. The molecule has 1 aromatic carbocycles. The fourth-order valence-electron chi connectivity index (χ4n) is 1.49. The molecule has 3 N–H and O–H groups in total. The van der Waals surface area contributed by atoms with Gasteiger partial charge < -0.3 is 11.2 Å². The van der Waals surface area contributed by atoms with Gasteiger partial charge in [0.05, 0.1) is 0 Å². The number of hydrogen-bond donors (Lipinski definition) is 2. The molecule has 0 bridgehead atoms. The van der Waals surface area contributed by atoms with E-state index < -0.39 is 0 Å². The first-order chi connectivity index (χ1) is 8.09. The van der Waals surface area contributed by atoms with E-state index in [1.807, 2.05) is 31.2 Å². The molecule has 0 saturated carbocycles. The first-order valence-electron chi connectivity index (χ1n) is 5.26. The maximum absolute atomic E-state index is 11.6. The number of anilines is 2. The average molecular weight is 230 g/mol. The number of nitrogens with two attached hydrogens (primary N) is 1. The van der Waals surface area contributed by atoms with Crippen LogP contribution in [-0.4, -0.2) is 9.66 Å². The van der Waals surface area contributed by atoms with Gasteiger partial charge in [-0.05, 0) is 25.5 Å². The highest BCUT2D eigenvalue weighted by Crippen LogP contribution is 2.16. The van der Waals surface area contributed by atoms with Crippen molar-refractivity contribution in [1.82, 2.24) is 9.66 Å². The second kappa shape index (κ2) is 4.29. The number of rotatable bonds is 2. The molecule has 0 atom stereocenters. The quantitative estimate of drug-likeness (QED) is 0.763. The van der Waals surface area contributed by atoms with Gasteiger partial charge in [-0.25, -0.2) is 4.98 Å². The lowest BCUT2D eigenvalue weighted by Gasteiger charge is -2.11. The lowest BCUT2D eigenvalue weighted by atomic mass is 10.2. The van der Waals surface area contributed by atoms with E-state index in [2.05, 4.69) is 10.3 Å². The van der Waals surface area contributed by atoms with Crippen LogP contribution >= 0.6 is 0 Å². The number of hydrogen-bond acceptors (Lipinski definition) is 4. The molecule has 0 radical (unpaired) electrons. The SMILES string of the molecule is Cc1ccccc1Nc1ncc(C)c(=O)n1N. The molecule has 0 aliphatic carbocycles. The maximum atomic E-state index is 11.6. The van der Waals surface area contributed by atoms with Crippen molar-refractivity contribution >= 4 is 11.6 Å². The highest BCUT2D eigenvalue weighted by Gasteiger charge is 2.06. The van der Waals surface area contributed by atoms with Crippen molar-refractivity contribution in [2.75, 3.05) is 11.2 Å². The summed E-state index contributed by atoms with van der Waals surface area (Å²) < 4.78 is 1.02. The second-order valence-electron chi connectivity index (χ2n) is 3.88. The molecule has 5 nitrogen and oxygen atoms in total. The van der Waals surface area contributed by atoms with Crippen LogP contribution < -0.4 is 16.7 Å². The van der Waals surface area contributed by atoms with Gasteiger partial charge in [0.1, 0.15) is 0 Å². The van der Waals surface area contributed by atoms with Crippen LogP contribution in [0, 0.1) is 13.8 Å². The van der Waals surface area contributed by atoms with Crippen molar-refractivity contribution in [2.45, 2.75) is 13.8 Å². The second-order valence-corrected chi connectivity index (χ2v) is 3.88. The number of para-hydroxylation sites is 1. The van der Waals surface area contributed by atoms with Crippen molar-refractivity contribution in [2.24, 2.45) is 0 Å². The van der Waals surface area contributed by atoms with Gasteiger partial charge in [-0.15, -0.1) is 0 Å². The lowest BCUT2D eigenvalue weighted by molar-refractivity contribution is 0.886. The molecule has 2 rings (SSSR count). The van der Waals surface area contributed by atoms with Crippen LogP contribution in [-0.2, 0) is 0 Å². The fraction of sp³-hybridized carbons (Fsp3) is 0.167. The van der Waals surface area contributed by atoms with Crippen molar-refractivity contribution in [3.05, 3.63) is 51.9 Å². The fourth-order valence-corrected chi connectivity index (χ4v) is 1.49. The zero-order chi connectivity index (χ0) is 12.4. The molecular weight excluding hydrogens is 216 g/mol. The zero-order valence-electron chi connectivity index (χ0n) is 9.77. The number of benzene rings is 1. The predicted molar refractivity (Wildman–Crippen MR) is 67.8 cm³/mol. The summed E-state index contributed by atoms with van der Waals surface area (Å²) >= 11 is 0. The minimum absolute atomic E-state index is 0.254. The highest BCUT2D eigenvalue weighted by atomic mass is 16.1. The Morgan fingerprint density at radius 1 is 1.24 bits per heavy atom. The van der Waals surface area contributed by atoms with Crippen molar-refractivity contribution < 1.29 is 0 Å². The van der Waals surface area contributed by atoms with Crippen LogP contribution in [0.2, 0.25) is 0 Å². The van der Waals surface area contributed by atoms with Crippen LogP contribution in [0.3, 0.4) is 0 Å². The highest BCUT2D eigenvalue weighted by molar-refractivity contribution is 5.58. The largest absolute Gasteiger partial charge is 0.333 e. The number of nitrogen functional groups attached to an aromatic ring is 1. The summed E-state index contributed by atoms with van der Waals surface area (Å²) in [6.07, 6.45) is 1.51. The zero-order valence-corrected chi connectivity index (χ0v) is 9.77. The molecule has 0 saturated heterocycles. The van der Waals surface area contributed by atoms with Crippen LogP contribution in [0.15, 0.2) is 35.3 Å². The maximum Gasteiger partial charge on any atom is 0.276 e. The molecule has 1 heterocycles. The Bertz CT molecular complexity index is 604. The normalized spacial score (nSPS) is 10.2. The minimum atomic E-state index is -0.254. The summed E-state index contributed by atoms with van der Waals surface area (Å²) in [4.78, 5) is 15.7. The monoisotopic (exact) mass is 230 g/mol. The van der Waals surface area contributed by atoms with Gasteiger partial charge in [0.15, 0.2) is 0 Å². The topological polar surface area (TPSA) is 72.9 Å². The Morgan fingerprint density at radius 2 is 1.94 bits per heavy atom. The van der Waals surface area contributed by atoms with Crippen LogP contribution in [0.25, 0.3) is 0 Å². The predicted octanol–water partition coefficient (Wildman–Crippen LogP) is 1.32. The Morgan fingerprint density at radius 3 is 2.65 bits per heavy atom. The number of nitrogens with zero attached hydrogens (tertiary/aromatic N) is 2. The van der Waals surface area contributed by atoms with E-state index in [4.69, 9.17) is 5.84 Å². The first kappa shape index (κ1) is 11.2. The van der Waals surface area contributed by atoms with Gasteiger partial charge in [-0.3, -0.25) is 4.79 Å². The van der Waals surface area contributed by atoms with Crippen LogP contribution in [0.4, 0.5) is 11.6 Å². The molecule has 0 amide bonds. The number of aromatic nitrogens is 2. The summed E-state index contributed by atoms with van der Waals surface area (Å²) in [6.45, 7) is 3.64. The molecule has 0 aliphatic heterocycles. The van der Waals surface area contributed by atoms with Crippen LogP contribution in [0.1, 0.15) is 11.1 Å². The standard InChI is InChI=1S/C12H14N4O/c1-8-5-3-4-6-10(8)15-12-14-7-9(2)11(17)16(12)13/h3-7H,13H2,1-2H3,(H,14,15). The third kappa shape index (κ3) is 2.13. The molecular formula is C12H14N4O. The third-order valence-corrected chi connectivity index (χ3v) is 2.56. The Labute approximate surface area is 98.9 Å². The summed E-state index contributed by atoms with van der Waals surface area (Å²) in [6, 6.07) is 7.72. The first-order valence-corrected chi connectivity index (χ1v) is 5.26. The van der Waals surface area contributed by atoms with Gasteiger partial charge in [0.2, 0.25) is 5.95 Å². The van der Waals surface area contributed by atoms with Crippen LogP contribution in [0.5, 0.6) is 0 Å². The molecule has 2 aromatic rings. The van der Waals surface area contributed by atoms with E-state index in [9.17, 15) is 4.79 Å². The molecule has 1 aromatic heterocycles. The minimum Gasteiger partial charge on any atom is -0.333 e. The van der Waals surface area contributed by atoms with E-state index in [0.29, 0.717) is 11.5 Å². The Balaban J connectivity index is 2.41. The smallest absolute Gasteiger partial charge is 0.276 e. The molecule has 0 fully saturated rings. The van der Waals surface area contributed by atoms with Gasteiger partial charge in [0, 0.05) is 17.4 Å². The van der Waals surface area contributed by atoms with E-state index in [1.165, 1.54) is 6.20 Å². The van der Waals surface area contributed by atoms with E-state index in [1.54, 1.807) is 6.92 Å². The lowest BCUT2D eigenvalue weighted by Crippen LogP contribution is -2.31. The molecule has 5 heteroatoms. The summed E-state index contributed by atoms with van der Waals surface area (Å²) in [5, 5.41) is 3.04. The van der Waals surface area contributed by atoms with Gasteiger partial charge in [0.25, 0.3) is 5.56 Å². The Hall–Kier alpha value is -2.30. The van der Waals surface area contributed by atoms with Gasteiger partial charge >= 0.3 is 0 Å².